The Morgan fingerprint density at radius 1 is 1.00 bits per heavy atom. The molecule has 2 amide bonds. The first-order valence-corrected chi connectivity index (χ1v) is 8.61. The Bertz CT molecular complexity index is 892. The quantitative estimate of drug-likeness (QED) is 0.603. The highest BCUT2D eigenvalue weighted by molar-refractivity contribution is 5.97. The van der Waals surface area contributed by atoms with Crippen LogP contribution >= 0.6 is 0 Å². The monoisotopic (exact) mass is 363 g/mol. The van der Waals surface area contributed by atoms with Crippen LogP contribution in [-0.2, 0) is 4.79 Å². The minimum Gasteiger partial charge on any atom is -0.467 e. The summed E-state index contributed by atoms with van der Waals surface area (Å²) in [5.41, 5.74) is 2.06. The van der Waals surface area contributed by atoms with E-state index in [2.05, 4.69) is 16.0 Å². The minimum absolute atomic E-state index is 0.0878. The Hall–Kier alpha value is -3.38. The Kier molecular flexibility index (Phi) is 6.02. The van der Waals surface area contributed by atoms with Crippen molar-refractivity contribution in [1.29, 1.82) is 0 Å². The molecular formula is C21H21N3O3. The number of furan rings is 1. The lowest BCUT2D eigenvalue weighted by atomic mass is 10.0. The molecule has 1 atom stereocenters. The van der Waals surface area contributed by atoms with Gasteiger partial charge in [-0.3, -0.25) is 14.9 Å². The lowest BCUT2D eigenvalue weighted by Gasteiger charge is -2.17. The predicted molar refractivity (Wildman–Crippen MR) is 103 cm³/mol. The molecule has 27 heavy (non-hydrogen) atoms. The normalized spacial score (nSPS) is 11.6. The summed E-state index contributed by atoms with van der Waals surface area (Å²) in [5.74, 6) is 0.318. The van der Waals surface area contributed by atoms with Gasteiger partial charge in [-0.15, -0.1) is 0 Å². The van der Waals surface area contributed by atoms with Gasteiger partial charge in [0, 0.05) is 18.3 Å². The molecule has 2 aromatic carbocycles. The second-order valence-corrected chi connectivity index (χ2v) is 5.95. The molecule has 0 aliphatic heterocycles. The van der Waals surface area contributed by atoms with Gasteiger partial charge in [0.1, 0.15) is 5.76 Å². The molecule has 0 fully saturated rings. The van der Waals surface area contributed by atoms with Crippen LogP contribution in [0.15, 0.2) is 77.4 Å². The Balaban J connectivity index is 1.66. The average molecular weight is 363 g/mol. The van der Waals surface area contributed by atoms with E-state index in [0.29, 0.717) is 11.3 Å². The Morgan fingerprint density at radius 3 is 2.52 bits per heavy atom. The summed E-state index contributed by atoms with van der Waals surface area (Å²) in [6.45, 7) is 0.0878. The molecule has 0 spiro atoms. The standard InChI is InChI=1S/C21H21N3O3/c1-22-21(26)16-9-5-10-17(13-16)24-19(25)14-23-20(18-11-6-12-27-18)15-7-3-2-4-8-15/h2-13,20,23H,14H2,1H3,(H,22,26)(H,24,25)/t20-/m1/s1. The molecule has 0 saturated carbocycles. The van der Waals surface area contributed by atoms with Crippen LogP contribution in [0.4, 0.5) is 5.69 Å². The summed E-state index contributed by atoms with van der Waals surface area (Å²) in [6.07, 6.45) is 1.61. The van der Waals surface area contributed by atoms with Gasteiger partial charge in [-0.05, 0) is 35.9 Å². The minimum atomic E-state index is -0.232. The van der Waals surface area contributed by atoms with Crippen LogP contribution in [0.2, 0.25) is 0 Å². The van der Waals surface area contributed by atoms with E-state index in [9.17, 15) is 9.59 Å². The van der Waals surface area contributed by atoms with Crippen LogP contribution < -0.4 is 16.0 Å². The maximum Gasteiger partial charge on any atom is 0.251 e. The van der Waals surface area contributed by atoms with E-state index in [-0.39, 0.29) is 24.4 Å². The highest BCUT2D eigenvalue weighted by atomic mass is 16.3. The summed E-state index contributed by atoms with van der Waals surface area (Å²) in [7, 11) is 1.57. The summed E-state index contributed by atoms with van der Waals surface area (Å²) in [4.78, 5) is 24.1. The molecule has 6 heteroatoms. The molecule has 0 saturated heterocycles. The Morgan fingerprint density at radius 2 is 1.81 bits per heavy atom. The maximum atomic E-state index is 12.4. The van der Waals surface area contributed by atoms with Gasteiger partial charge < -0.3 is 15.1 Å². The topological polar surface area (TPSA) is 83.4 Å². The number of amides is 2. The lowest BCUT2D eigenvalue weighted by molar-refractivity contribution is -0.115. The third kappa shape index (κ3) is 4.83. The van der Waals surface area contributed by atoms with Crippen LogP contribution in [-0.4, -0.2) is 25.4 Å². The third-order valence-electron chi connectivity index (χ3n) is 4.06. The number of rotatable bonds is 7. The highest BCUT2D eigenvalue weighted by Crippen LogP contribution is 2.22. The van der Waals surface area contributed by atoms with Gasteiger partial charge in [0.2, 0.25) is 5.91 Å². The van der Waals surface area contributed by atoms with E-state index in [1.807, 2.05) is 42.5 Å². The zero-order valence-electron chi connectivity index (χ0n) is 14.9. The van der Waals surface area contributed by atoms with Gasteiger partial charge in [-0.25, -0.2) is 0 Å². The molecule has 6 nitrogen and oxygen atoms in total. The van der Waals surface area contributed by atoms with Crippen LogP contribution in [0.1, 0.15) is 27.7 Å². The number of benzene rings is 2. The number of hydrogen-bond donors (Lipinski definition) is 3. The Labute approximate surface area is 157 Å². The van der Waals surface area contributed by atoms with Crippen molar-refractivity contribution < 1.29 is 14.0 Å². The molecule has 0 unspecified atom stereocenters. The van der Waals surface area contributed by atoms with E-state index in [1.54, 1.807) is 37.6 Å². The predicted octanol–water partition coefficient (Wildman–Crippen LogP) is 2.96. The molecular weight excluding hydrogens is 342 g/mol. The van der Waals surface area contributed by atoms with Crippen molar-refractivity contribution in [3.8, 4) is 0 Å². The number of anilines is 1. The van der Waals surface area contributed by atoms with Crippen molar-refractivity contribution in [2.24, 2.45) is 0 Å². The summed E-state index contributed by atoms with van der Waals surface area (Å²) < 4.78 is 5.52. The fourth-order valence-electron chi connectivity index (χ4n) is 2.77. The van der Waals surface area contributed by atoms with Gasteiger partial charge in [0.25, 0.3) is 5.91 Å². The van der Waals surface area contributed by atoms with Crippen molar-refractivity contribution in [3.63, 3.8) is 0 Å². The smallest absolute Gasteiger partial charge is 0.251 e. The molecule has 0 bridgehead atoms. The van der Waals surface area contributed by atoms with Crippen molar-refractivity contribution in [3.05, 3.63) is 89.9 Å². The number of carbonyl (C=O) groups excluding carboxylic acids is 2. The van der Waals surface area contributed by atoms with Crippen molar-refractivity contribution in [2.75, 3.05) is 18.9 Å². The van der Waals surface area contributed by atoms with E-state index < -0.39 is 0 Å². The van der Waals surface area contributed by atoms with E-state index in [1.165, 1.54) is 0 Å². The van der Waals surface area contributed by atoms with Crippen LogP contribution in [0, 0.1) is 0 Å². The third-order valence-corrected chi connectivity index (χ3v) is 4.06. The first-order chi connectivity index (χ1) is 13.2. The first kappa shape index (κ1) is 18.4. The van der Waals surface area contributed by atoms with Gasteiger partial charge in [0.05, 0.1) is 18.8 Å². The summed E-state index contributed by atoms with van der Waals surface area (Å²) in [5, 5.41) is 8.58. The fourth-order valence-corrected chi connectivity index (χ4v) is 2.77. The van der Waals surface area contributed by atoms with Gasteiger partial charge >= 0.3 is 0 Å². The lowest BCUT2D eigenvalue weighted by Crippen LogP contribution is -2.31. The number of carbonyl (C=O) groups is 2. The van der Waals surface area contributed by atoms with Gasteiger partial charge in [-0.1, -0.05) is 36.4 Å². The van der Waals surface area contributed by atoms with Crippen LogP contribution in [0.25, 0.3) is 0 Å². The van der Waals surface area contributed by atoms with Crippen molar-refractivity contribution in [2.45, 2.75) is 6.04 Å². The second kappa shape index (κ2) is 8.82. The summed E-state index contributed by atoms with van der Waals surface area (Å²) >= 11 is 0. The molecule has 3 rings (SSSR count). The zero-order valence-corrected chi connectivity index (χ0v) is 14.9. The van der Waals surface area contributed by atoms with Crippen LogP contribution in [0.5, 0.6) is 0 Å². The van der Waals surface area contributed by atoms with Gasteiger partial charge in [0.15, 0.2) is 0 Å². The van der Waals surface area contributed by atoms with E-state index in [4.69, 9.17) is 4.42 Å². The van der Waals surface area contributed by atoms with E-state index >= 15 is 0 Å². The highest BCUT2D eigenvalue weighted by Gasteiger charge is 2.17. The summed E-state index contributed by atoms with van der Waals surface area (Å²) in [6, 6.07) is 20.0. The number of nitrogens with one attached hydrogen (secondary N) is 3. The first-order valence-electron chi connectivity index (χ1n) is 8.61. The molecule has 3 N–H and O–H groups in total. The molecule has 0 aliphatic carbocycles. The molecule has 0 aliphatic rings. The molecule has 1 heterocycles. The van der Waals surface area contributed by atoms with Crippen LogP contribution in [0.3, 0.4) is 0 Å². The number of hydrogen-bond acceptors (Lipinski definition) is 4. The second-order valence-electron chi connectivity index (χ2n) is 5.95. The maximum absolute atomic E-state index is 12.4. The van der Waals surface area contributed by atoms with E-state index in [0.717, 1.165) is 11.3 Å². The fraction of sp³-hybridized carbons (Fsp3) is 0.143. The van der Waals surface area contributed by atoms with Gasteiger partial charge in [-0.2, -0.15) is 0 Å². The molecule has 1 aromatic heterocycles. The zero-order chi connectivity index (χ0) is 19.1. The van der Waals surface area contributed by atoms with Crippen molar-refractivity contribution >= 4 is 17.5 Å². The average Bonchev–Trinajstić information content (AvgIpc) is 3.23. The molecule has 138 valence electrons. The molecule has 0 radical (unpaired) electrons. The van der Waals surface area contributed by atoms with Crippen molar-refractivity contribution in [1.82, 2.24) is 10.6 Å². The largest absolute Gasteiger partial charge is 0.467 e. The SMILES string of the molecule is CNC(=O)c1cccc(NC(=O)CN[C@H](c2ccccc2)c2ccco2)c1. The molecule has 3 aromatic rings.